The number of aryl methyl sites for hydroxylation is 1. The Morgan fingerprint density at radius 2 is 2.06 bits per heavy atom. The molecular formula is C11H18N4OS. The summed E-state index contributed by atoms with van der Waals surface area (Å²) < 4.78 is 2.30. The van der Waals surface area contributed by atoms with E-state index >= 15 is 0 Å². The summed E-state index contributed by atoms with van der Waals surface area (Å²) in [5.74, 6) is 0.901. The molecule has 1 aromatic heterocycles. The van der Waals surface area contributed by atoms with E-state index in [0.29, 0.717) is 4.77 Å². The van der Waals surface area contributed by atoms with Gasteiger partial charge in [-0.25, -0.2) is 0 Å². The number of aromatic nitrogens is 3. The Hall–Kier alpha value is -1.17. The van der Waals surface area contributed by atoms with Crippen LogP contribution in [0.25, 0.3) is 0 Å². The SMILES string of the molecule is Cc1n[nH]c(=S)n1C(C)C(=O)N1CCCCC1. The maximum Gasteiger partial charge on any atom is 0.245 e. The molecule has 94 valence electrons. The van der Waals surface area contributed by atoms with Crippen LogP contribution in [0.5, 0.6) is 0 Å². The van der Waals surface area contributed by atoms with Crippen molar-refractivity contribution in [3.8, 4) is 0 Å². The van der Waals surface area contributed by atoms with Gasteiger partial charge in [0.15, 0.2) is 4.77 Å². The first-order chi connectivity index (χ1) is 8.11. The van der Waals surface area contributed by atoms with Crippen LogP contribution in [-0.4, -0.2) is 38.7 Å². The smallest absolute Gasteiger partial charge is 0.245 e. The Bertz CT molecular complexity index is 458. The van der Waals surface area contributed by atoms with Crippen molar-refractivity contribution >= 4 is 18.1 Å². The molecule has 1 fully saturated rings. The van der Waals surface area contributed by atoms with Crippen LogP contribution in [0.1, 0.15) is 38.1 Å². The summed E-state index contributed by atoms with van der Waals surface area (Å²) in [6.07, 6.45) is 3.44. The zero-order valence-electron chi connectivity index (χ0n) is 10.3. The highest BCUT2D eigenvalue weighted by atomic mass is 32.1. The fraction of sp³-hybridized carbons (Fsp3) is 0.727. The van der Waals surface area contributed by atoms with E-state index in [-0.39, 0.29) is 11.9 Å². The second-order valence-electron chi connectivity index (χ2n) is 4.51. The summed E-state index contributed by atoms with van der Waals surface area (Å²) in [5, 5.41) is 6.76. The van der Waals surface area contributed by atoms with Gasteiger partial charge in [0, 0.05) is 13.1 Å². The molecule has 1 aromatic rings. The van der Waals surface area contributed by atoms with E-state index in [1.54, 1.807) is 4.57 Å². The largest absolute Gasteiger partial charge is 0.341 e. The fourth-order valence-electron chi connectivity index (χ4n) is 2.33. The van der Waals surface area contributed by atoms with E-state index in [1.807, 2.05) is 18.7 Å². The zero-order valence-corrected chi connectivity index (χ0v) is 11.1. The molecule has 1 unspecified atom stereocenters. The number of H-pyrrole nitrogens is 1. The van der Waals surface area contributed by atoms with Gasteiger partial charge in [0.05, 0.1) is 0 Å². The topological polar surface area (TPSA) is 53.9 Å². The van der Waals surface area contributed by atoms with Crippen LogP contribution in [0.4, 0.5) is 0 Å². The predicted octanol–water partition coefficient (Wildman–Crippen LogP) is 1.82. The second-order valence-corrected chi connectivity index (χ2v) is 4.89. The lowest BCUT2D eigenvalue weighted by atomic mass is 10.1. The monoisotopic (exact) mass is 254 g/mol. The Kier molecular flexibility index (Phi) is 3.61. The van der Waals surface area contributed by atoms with Crippen LogP contribution in [0.2, 0.25) is 0 Å². The molecule has 0 spiro atoms. The minimum Gasteiger partial charge on any atom is -0.341 e. The number of rotatable bonds is 2. The van der Waals surface area contributed by atoms with Crippen molar-refractivity contribution < 1.29 is 4.79 Å². The Morgan fingerprint density at radius 3 is 2.59 bits per heavy atom. The first-order valence-corrected chi connectivity index (χ1v) is 6.44. The van der Waals surface area contributed by atoms with Crippen LogP contribution in [0.15, 0.2) is 0 Å². The molecule has 5 nitrogen and oxygen atoms in total. The maximum absolute atomic E-state index is 12.3. The van der Waals surface area contributed by atoms with Crippen molar-refractivity contribution in [3.63, 3.8) is 0 Å². The molecule has 0 bridgehead atoms. The Labute approximate surface area is 106 Å². The molecule has 1 amide bonds. The third-order valence-corrected chi connectivity index (χ3v) is 3.58. The van der Waals surface area contributed by atoms with E-state index in [4.69, 9.17) is 12.2 Å². The van der Waals surface area contributed by atoms with Gasteiger partial charge in [0.2, 0.25) is 5.91 Å². The molecule has 2 heterocycles. The molecule has 0 aromatic carbocycles. The van der Waals surface area contributed by atoms with Gasteiger partial charge in [-0.2, -0.15) is 5.10 Å². The highest BCUT2D eigenvalue weighted by Gasteiger charge is 2.24. The van der Waals surface area contributed by atoms with Crippen LogP contribution < -0.4 is 0 Å². The van der Waals surface area contributed by atoms with Crippen molar-refractivity contribution in [2.24, 2.45) is 0 Å². The normalized spacial score (nSPS) is 18.1. The Morgan fingerprint density at radius 1 is 1.41 bits per heavy atom. The van der Waals surface area contributed by atoms with Gasteiger partial charge in [-0.05, 0) is 45.3 Å². The molecule has 1 saturated heterocycles. The number of aromatic amines is 1. The molecular weight excluding hydrogens is 236 g/mol. The highest BCUT2D eigenvalue weighted by molar-refractivity contribution is 7.71. The molecule has 17 heavy (non-hydrogen) atoms. The van der Waals surface area contributed by atoms with E-state index in [1.165, 1.54) is 6.42 Å². The van der Waals surface area contributed by atoms with Crippen LogP contribution in [0, 0.1) is 11.7 Å². The summed E-state index contributed by atoms with van der Waals surface area (Å²) in [6.45, 7) is 5.47. The van der Waals surface area contributed by atoms with Gasteiger partial charge in [-0.3, -0.25) is 14.5 Å². The van der Waals surface area contributed by atoms with Crippen LogP contribution >= 0.6 is 12.2 Å². The van der Waals surface area contributed by atoms with E-state index in [2.05, 4.69) is 10.2 Å². The molecule has 2 rings (SSSR count). The summed E-state index contributed by atoms with van der Waals surface area (Å²) in [6, 6.07) is -0.264. The van der Waals surface area contributed by atoms with Crippen LogP contribution in [-0.2, 0) is 4.79 Å². The molecule has 1 atom stereocenters. The number of hydrogen-bond acceptors (Lipinski definition) is 3. The number of likely N-dealkylation sites (tertiary alicyclic amines) is 1. The molecule has 0 aliphatic carbocycles. The second kappa shape index (κ2) is 5.00. The van der Waals surface area contributed by atoms with Crippen molar-refractivity contribution in [2.45, 2.75) is 39.2 Å². The lowest BCUT2D eigenvalue weighted by Crippen LogP contribution is -2.39. The number of hydrogen-bond donors (Lipinski definition) is 1. The zero-order chi connectivity index (χ0) is 12.4. The number of nitrogens with one attached hydrogen (secondary N) is 1. The molecule has 1 aliphatic heterocycles. The Balaban J connectivity index is 2.17. The van der Waals surface area contributed by atoms with Gasteiger partial charge in [0.1, 0.15) is 11.9 Å². The van der Waals surface area contributed by atoms with E-state index in [0.717, 1.165) is 31.8 Å². The van der Waals surface area contributed by atoms with Gasteiger partial charge >= 0.3 is 0 Å². The minimum absolute atomic E-state index is 0.144. The summed E-state index contributed by atoms with van der Waals surface area (Å²) in [7, 11) is 0. The first kappa shape index (κ1) is 12.3. The average molecular weight is 254 g/mol. The lowest BCUT2D eigenvalue weighted by Gasteiger charge is -2.29. The standard InChI is InChI=1S/C11H18N4OS/c1-8(15-9(2)12-13-11(15)17)10(16)14-6-4-3-5-7-14/h8H,3-7H2,1-2H3,(H,13,17). The molecule has 1 aliphatic rings. The minimum atomic E-state index is -0.264. The van der Waals surface area contributed by atoms with E-state index in [9.17, 15) is 4.79 Å². The quantitative estimate of drug-likeness (QED) is 0.819. The average Bonchev–Trinajstić information content (AvgIpc) is 2.68. The molecule has 0 radical (unpaired) electrons. The number of piperidine rings is 1. The molecule has 0 saturated carbocycles. The van der Waals surface area contributed by atoms with Crippen molar-refractivity contribution in [1.29, 1.82) is 0 Å². The van der Waals surface area contributed by atoms with Crippen molar-refractivity contribution in [3.05, 3.63) is 10.6 Å². The maximum atomic E-state index is 12.3. The molecule has 1 N–H and O–H groups in total. The van der Waals surface area contributed by atoms with Gasteiger partial charge in [0.25, 0.3) is 0 Å². The highest BCUT2D eigenvalue weighted by Crippen LogP contribution is 2.16. The summed E-state index contributed by atoms with van der Waals surface area (Å²) in [4.78, 5) is 14.3. The number of nitrogens with zero attached hydrogens (tertiary/aromatic N) is 3. The van der Waals surface area contributed by atoms with Gasteiger partial charge < -0.3 is 4.90 Å². The van der Waals surface area contributed by atoms with Crippen LogP contribution in [0.3, 0.4) is 0 Å². The first-order valence-electron chi connectivity index (χ1n) is 6.03. The van der Waals surface area contributed by atoms with Crippen molar-refractivity contribution in [2.75, 3.05) is 13.1 Å². The van der Waals surface area contributed by atoms with E-state index < -0.39 is 0 Å². The number of carbonyl (C=O) groups excluding carboxylic acids is 1. The third kappa shape index (κ3) is 2.41. The third-order valence-electron chi connectivity index (χ3n) is 3.29. The number of carbonyl (C=O) groups is 1. The fourth-order valence-corrected chi connectivity index (χ4v) is 2.66. The molecule has 6 heteroatoms. The lowest BCUT2D eigenvalue weighted by molar-refractivity contribution is -0.135. The summed E-state index contributed by atoms with van der Waals surface area (Å²) in [5.41, 5.74) is 0. The van der Waals surface area contributed by atoms with Gasteiger partial charge in [-0.1, -0.05) is 0 Å². The van der Waals surface area contributed by atoms with Gasteiger partial charge in [-0.15, -0.1) is 0 Å². The summed E-state index contributed by atoms with van der Waals surface area (Å²) >= 11 is 5.14. The number of amides is 1. The van der Waals surface area contributed by atoms with Crippen molar-refractivity contribution in [1.82, 2.24) is 19.7 Å². The predicted molar refractivity (Wildman–Crippen MR) is 67.3 cm³/mol.